The number of aliphatic imine (C=N–C) groups is 1. The molecule has 0 saturated carbocycles. The summed E-state index contributed by atoms with van der Waals surface area (Å²) in [6.07, 6.45) is 2.82. The fraction of sp³-hybridized carbons (Fsp3) is 0.250. The highest BCUT2D eigenvalue weighted by molar-refractivity contribution is 5.67. The van der Waals surface area contributed by atoms with Gasteiger partial charge in [0.15, 0.2) is 0 Å². The summed E-state index contributed by atoms with van der Waals surface area (Å²) in [4.78, 5) is 3.94. The molecule has 3 heteroatoms. The van der Waals surface area contributed by atoms with Gasteiger partial charge in [-0.15, -0.1) is 0 Å². The number of nitrogens with zero attached hydrogens (tertiary/aromatic N) is 1. The van der Waals surface area contributed by atoms with Crippen molar-refractivity contribution in [3.05, 3.63) is 41.6 Å². The molecule has 0 atom stereocenters. The van der Waals surface area contributed by atoms with E-state index in [1.807, 2.05) is 12.1 Å². The smallest absolute Gasteiger partial charge is 0.0851 e. The third kappa shape index (κ3) is 3.22. The molecule has 0 radical (unpaired) electrons. The van der Waals surface area contributed by atoms with E-state index < -0.39 is 0 Å². The Labute approximate surface area is 90.7 Å². The maximum atomic E-state index is 5.34. The second-order valence-electron chi connectivity index (χ2n) is 3.15. The largest absolute Gasteiger partial charge is 0.377 e. The van der Waals surface area contributed by atoms with Crippen molar-refractivity contribution in [1.29, 1.82) is 0 Å². The van der Waals surface area contributed by atoms with Gasteiger partial charge < -0.3 is 11.1 Å². The van der Waals surface area contributed by atoms with Crippen LogP contribution in [0.5, 0.6) is 0 Å². The Morgan fingerprint density at radius 2 is 2.13 bits per heavy atom. The molecule has 0 fully saturated rings. The number of benzene rings is 1. The Morgan fingerprint density at radius 3 is 2.60 bits per heavy atom. The third-order valence-electron chi connectivity index (χ3n) is 2.18. The summed E-state index contributed by atoms with van der Waals surface area (Å²) in [5, 5.41) is 2.91. The average molecular weight is 203 g/mol. The average Bonchev–Trinajstić information content (AvgIpc) is 2.31. The van der Waals surface area contributed by atoms with Crippen LogP contribution < -0.4 is 11.1 Å². The Bertz CT molecular complexity index is 338. The van der Waals surface area contributed by atoms with E-state index in [9.17, 15) is 0 Å². The van der Waals surface area contributed by atoms with Gasteiger partial charge in [-0.05, 0) is 18.7 Å². The van der Waals surface area contributed by atoms with Gasteiger partial charge in [-0.25, -0.2) is 0 Å². The zero-order valence-electron chi connectivity index (χ0n) is 9.03. The molecular formula is C12H17N3. The normalized spacial score (nSPS) is 11.2. The van der Waals surface area contributed by atoms with Crippen LogP contribution in [0.1, 0.15) is 18.1 Å². The SMILES string of the molecule is C=N/C(=C\NCN)c1ccc(CC)cc1. The molecule has 0 aliphatic heterocycles. The molecule has 1 aromatic carbocycles. The Hall–Kier alpha value is -1.61. The summed E-state index contributed by atoms with van der Waals surface area (Å²) in [5.74, 6) is 0. The zero-order chi connectivity index (χ0) is 11.1. The topological polar surface area (TPSA) is 50.4 Å². The summed E-state index contributed by atoms with van der Waals surface area (Å²) in [5.41, 5.74) is 8.50. The highest BCUT2D eigenvalue weighted by Gasteiger charge is 1.98. The van der Waals surface area contributed by atoms with Crippen molar-refractivity contribution in [1.82, 2.24) is 5.32 Å². The maximum Gasteiger partial charge on any atom is 0.0851 e. The van der Waals surface area contributed by atoms with Gasteiger partial charge in [-0.3, -0.25) is 4.99 Å². The van der Waals surface area contributed by atoms with Crippen LogP contribution >= 0.6 is 0 Å². The highest BCUT2D eigenvalue weighted by Crippen LogP contribution is 2.15. The van der Waals surface area contributed by atoms with E-state index in [-0.39, 0.29) is 0 Å². The predicted molar refractivity (Wildman–Crippen MR) is 65.5 cm³/mol. The number of hydrogen-bond acceptors (Lipinski definition) is 3. The number of rotatable bonds is 5. The van der Waals surface area contributed by atoms with Crippen LogP contribution in [0, 0.1) is 0 Å². The molecule has 0 amide bonds. The van der Waals surface area contributed by atoms with Crippen molar-refractivity contribution >= 4 is 12.4 Å². The second kappa shape index (κ2) is 5.98. The minimum absolute atomic E-state index is 0.395. The molecule has 0 unspecified atom stereocenters. The first-order valence-corrected chi connectivity index (χ1v) is 5.01. The van der Waals surface area contributed by atoms with E-state index in [0.29, 0.717) is 6.67 Å². The summed E-state index contributed by atoms with van der Waals surface area (Å²) in [6.45, 7) is 6.06. The van der Waals surface area contributed by atoms with Gasteiger partial charge in [0.1, 0.15) is 0 Å². The number of nitrogens with two attached hydrogens (primary N) is 1. The summed E-state index contributed by atoms with van der Waals surface area (Å²) in [7, 11) is 0. The van der Waals surface area contributed by atoms with E-state index in [0.717, 1.165) is 17.7 Å². The Balaban J connectivity index is 2.87. The molecule has 0 bridgehead atoms. The Morgan fingerprint density at radius 1 is 1.47 bits per heavy atom. The van der Waals surface area contributed by atoms with Crippen LogP contribution in [0.3, 0.4) is 0 Å². The Kier molecular flexibility index (Phi) is 4.57. The molecule has 0 aliphatic rings. The molecule has 3 nitrogen and oxygen atoms in total. The highest BCUT2D eigenvalue weighted by atomic mass is 14.9. The van der Waals surface area contributed by atoms with E-state index in [4.69, 9.17) is 5.73 Å². The summed E-state index contributed by atoms with van der Waals surface area (Å²) >= 11 is 0. The molecule has 15 heavy (non-hydrogen) atoms. The molecule has 3 N–H and O–H groups in total. The fourth-order valence-corrected chi connectivity index (χ4v) is 1.29. The van der Waals surface area contributed by atoms with Crippen LogP contribution in [0.15, 0.2) is 35.5 Å². The van der Waals surface area contributed by atoms with Crippen molar-refractivity contribution < 1.29 is 0 Å². The monoisotopic (exact) mass is 203 g/mol. The molecular weight excluding hydrogens is 186 g/mol. The molecule has 0 aliphatic carbocycles. The molecule has 0 spiro atoms. The van der Waals surface area contributed by atoms with Crippen molar-refractivity contribution in [3.63, 3.8) is 0 Å². The lowest BCUT2D eigenvalue weighted by Gasteiger charge is -2.03. The van der Waals surface area contributed by atoms with Crippen LogP contribution in [0.4, 0.5) is 0 Å². The first kappa shape index (κ1) is 11.5. The van der Waals surface area contributed by atoms with Gasteiger partial charge in [0.2, 0.25) is 0 Å². The van der Waals surface area contributed by atoms with Gasteiger partial charge in [0.05, 0.1) is 12.4 Å². The molecule has 0 heterocycles. The zero-order valence-corrected chi connectivity index (χ0v) is 9.03. The minimum Gasteiger partial charge on any atom is -0.377 e. The molecule has 1 aromatic rings. The summed E-state index contributed by atoms with van der Waals surface area (Å²) in [6, 6.07) is 8.27. The van der Waals surface area contributed by atoms with Crippen LogP contribution in [0.25, 0.3) is 5.70 Å². The molecule has 0 aromatic heterocycles. The van der Waals surface area contributed by atoms with Crippen LogP contribution in [-0.2, 0) is 6.42 Å². The third-order valence-corrected chi connectivity index (χ3v) is 2.18. The van der Waals surface area contributed by atoms with Crippen molar-refractivity contribution in [3.8, 4) is 0 Å². The standard InChI is InChI=1S/C12H17N3/c1-3-10-4-6-11(7-5-10)12(14-2)8-15-9-13/h4-8,15H,2-3,9,13H2,1H3/b12-8-. The van der Waals surface area contributed by atoms with Gasteiger partial charge in [-0.2, -0.15) is 0 Å². The van der Waals surface area contributed by atoms with Crippen molar-refractivity contribution in [2.75, 3.05) is 6.67 Å². The number of hydrogen-bond donors (Lipinski definition) is 2. The lowest BCUT2D eigenvalue weighted by atomic mass is 10.1. The first-order chi connectivity index (χ1) is 7.31. The number of aryl methyl sites for hydroxylation is 1. The maximum absolute atomic E-state index is 5.34. The quantitative estimate of drug-likeness (QED) is 0.566. The fourth-order valence-electron chi connectivity index (χ4n) is 1.29. The van der Waals surface area contributed by atoms with Gasteiger partial charge in [-0.1, -0.05) is 31.2 Å². The van der Waals surface area contributed by atoms with E-state index in [1.54, 1.807) is 6.20 Å². The van der Waals surface area contributed by atoms with E-state index >= 15 is 0 Å². The minimum atomic E-state index is 0.395. The van der Waals surface area contributed by atoms with Gasteiger partial charge in [0.25, 0.3) is 0 Å². The van der Waals surface area contributed by atoms with Crippen LogP contribution in [-0.4, -0.2) is 13.4 Å². The lowest BCUT2D eigenvalue weighted by Crippen LogP contribution is -2.16. The lowest BCUT2D eigenvalue weighted by molar-refractivity contribution is 0.884. The second-order valence-corrected chi connectivity index (χ2v) is 3.15. The van der Waals surface area contributed by atoms with Crippen molar-refractivity contribution in [2.45, 2.75) is 13.3 Å². The first-order valence-electron chi connectivity index (χ1n) is 5.01. The van der Waals surface area contributed by atoms with Crippen molar-refractivity contribution in [2.24, 2.45) is 10.7 Å². The van der Waals surface area contributed by atoms with Crippen LogP contribution in [0.2, 0.25) is 0 Å². The molecule has 0 saturated heterocycles. The number of nitrogens with one attached hydrogen (secondary N) is 1. The molecule has 80 valence electrons. The predicted octanol–water partition coefficient (Wildman–Crippen LogP) is 1.75. The van der Waals surface area contributed by atoms with E-state index in [2.05, 4.69) is 36.1 Å². The van der Waals surface area contributed by atoms with Gasteiger partial charge in [0, 0.05) is 11.8 Å². The molecule has 1 rings (SSSR count). The van der Waals surface area contributed by atoms with E-state index in [1.165, 1.54) is 5.56 Å². The van der Waals surface area contributed by atoms with Gasteiger partial charge >= 0.3 is 0 Å². The summed E-state index contributed by atoms with van der Waals surface area (Å²) < 4.78 is 0.